The van der Waals surface area contributed by atoms with E-state index < -0.39 is 7.26 Å². The van der Waals surface area contributed by atoms with Gasteiger partial charge in [0.2, 0.25) is 5.31 Å². The lowest BCUT2D eigenvalue weighted by Gasteiger charge is -2.27. The molecule has 5 heteroatoms. The Bertz CT molecular complexity index is 959. The van der Waals surface area contributed by atoms with Crippen LogP contribution < -0.4 is 15.9 Å². The van der Waals surface area contributed by atoms with Crippen LogP contribution in [0.15, 0.2) is 106 Å². The zero-order chi connectivity index (χ0) is 21.4. The minimum Gasteiger partial charge on any atom is -0.369 e. The Labute approximate surface area is 184 Å². The molecule has 30 heavy (non-hydrogen) atoms. The normalized spacial score (nSPS) is 12.3. The van der Waals surface area contributed by atoms with Crippen molar-refractivity contribution in [2.24, 2.45) is 4.99 Å². The molecule has 0 heterocycles. The van der Waals surface area contributed by atoms with Crippen LogP contribution in [0.2, 0.25) is 0 Å². The molecule has 0 atom stereocenters. The van der Waals surface area contributed by atoms with Gasteiger partial charge in [-0.2, -0.15) is 5.26 Å². The number of hydrogen-bond donors (Lipinski definition) is 0. The molecule has 0 unspecified atom stereocenters. The average Bonchev–Trinajstić information content (AvgIpc) is 2.80. The summed E-state index contributed by atoms with van der Waals surface area (Å²) in [6, 6.07) is 33.8. The first-order valence-corrected chi connectivity index (χ1v) is 12.6. The van der Waals surface area contributed by atoms with Crippen molar-refractivity contribution < 1.29 is 0 Å². The highest BCUT2D eigenvalue weighted by atomic mass is 32.2. The third-order valence-electron chi connectivity index (χ3n) is 4.67. The van der Waals surface area contributed by atoms with Crippen molar-refractivity contribution in [2.75, 3.05) is 20.4 Å². The Hall–Kier alpha value is -2.86. The SMILES string of the molecule is CSC(N=CN(C)C)=C(C#N)[P+](c1ccccc1)(c1ccccc1)c1ccccc1. The fraction of sp³-hybridized carbons (Fsp3) is 0.120. The second-order valence-electron chi connectivity index (χ2n) is 6.86. The zero-order valence-electron chi connectivity index (χ0n) is 17.4. The Morgan fingerprint density at radius 3 is 1.53 bits per heavy atom. The van der Waals surface area contributed by atoms with E-state index in [-0.39, 0.29) is 0 Å². The highest BCUT2D eigenvalue weighted by molar-refractivity contribution is 8.04. The summed E-state index contributed by atoms with van der Waals surface area (Å²) < 4.78 is 0. The van der Waals surface area contributed by atoms with Crippen molar-refractivity contribution in [1.29, 1.82) is 5.26 Å². The Morgan fingerprint density at radius 2 is 1.23 bits per heavy atom. The third kappa shape index (κ3) is 4.33. The molecule has 0 amide bonds. The highest BCUT2D eigenvalue weighted by Crippen LogP contribution is 2.63. The van der Waals surface area contributed by atoms with E-state index in [0.717, 1.165) is 26.3 Å². The van der Waals surface area contributed by atoms with Gasteiger partial charge in [-0.3, -0.25) is 0 Å². The number of nitrogens with zero attached hydrogens (tertiary/aromatic N) is 3. The Kier molecular flexibility index (Phi) is 7.46. The van der Waals surface area contributed by atoms with Gasteiger partial charge in [0.25, 0.3) is 0 Å². The Morgan fingerprint density at radius 1 is 0.833 bits per heavy atom. The van der Waals surface area contributed by atoms with E-state index in [1.54, 1.807) is 6.34 Å². The predicted molar refractivity (Wildman–Crippen MR) is 133 cm³/mol. The van der Waals surface area contributed by atoms with Crippen molar-refractivity contribution in [3.63, 3.8) is 0 Å². The first-order chi connectivity index (χ1) is 14.6. The van der Waals surface area contributed by atoms with E-state index in [4.69, 9.17) is 4.99 Å². The number of aliphatic imine (C=N–C) groups is 1. The van der Waals surface area contributed by atoms with Gasteiger partial charge in [-0.1, -0.05) is 54.6 Å². The molecule has 0 N–H and O–H groups in total. The van der Waals surface area contributed by atoms with Crippen LogP contribution >= 0.6 is 19.0 Å². The second-order valence-corrected chi connectivity index (χ2v) is 11.0. The van der Waals surface area contributed by atoms with Gasteiger partial charge < -0.3 is 4.90 Å². The van der Waals surface area contributed by atoms with Crippen LogP contribution in [0.25, 0.3) is 0 Å². The van der Waals surface area contributed by atoms with Crippen molar-refractivity contribution in [3.8, 4) is 6.07 Å². The molecule has 3 aromatic rings. The fourth-order valence-corrected chi connectivity index (χ4v) is 8.53. The summed E-state index contributed by atoms with van der Waals surface area (Å²) in [6.07, 6.45) is 3.74. The largest absolute Gasteiger partial charge is 0.369 e. The highest BCUT2D eigenvalue weighted by Gasteiger charge is 2.51. The molecule has 0 aliphatic rings. The number of benzene rings is 3. The number of rotatable bonds is 7. The number of allylic oxidation sites excluding steroid dienone is 1. The van der Waals surface area contributed by atoms with Crippen molar-refractivity contribution in [3.05, 3.63) is 101 Å². The van der Waals surface area contributed by atoms with Crippen LogP contribution in [-0.2, 0) is 0 Å². The lowest BCUT2D eigenvalue weighted by molar-refractivity contribution is 0.643. The molecule has 0 spiro atoms. The molecule has 0 radical (unpaired) electrons. The molecule has 0 bridgehead atoms. The first-order valence-electron chi connectivity index (χ1n) is 9.60. The summed E-state index contributed by atoms with van der Waals surface area (Å²) in [6.45, 7) is 0. The van der Waals surface area contributed by atoms with Gasteiger partial charge in [0, 0.05) is 14.1 Å². The molecule has 150 valence electrons. The monoisotopic (exact) mass is 430 g/mol. The number of hydrogen-bond acceptors (Lipinski definition) is 3. The molecule has 3 nitrogen and oxygen atoms in total. The molecular formula is C25H25N3PS+. The van der Waals surface area contributed by atoms with Gasteiger partial charge in [0.15, 0.2) is 12.3 Å². The van der Waals surface area contributed by atoms with Gasteiger partial charge in [-0.15, -0.1) is 11.8 Å². The fourth-order valence-electron chi connectivity index (χ4n) is 3.43. The van der Waals surface area contributed by atoms with Crippen LogP contribution in [0, 0.1) is 11.3 Å². The van der Waals surface area contributed by atoms with Crippen LogP contribution in [-0.4, -0.2) is 31.6 Å². The van der Waals surface area contributed by atoms with Crippen LogP contribution in [0.3, 0.4) is 0 Å². The van der Waals surface area contributed by atoms with Crippen molar-refractivity contribution >= 4 is 41.3 Å². The van der Waals surface area contributed by atoms with Gasteiger partial charge in [0.1, 0.15) is 22.0 Å². The van der Waals surface area contributed by atoms with Crippen LogP contribution in [0.1, 0.15) is 0 Å². The van der Waals surface area contributed by atoms with E-state index >= 15 is 0 Å². The predicted octanol–water partition coefficient (Wildman–Crippen LogP) is 4.63. The summed E-state index contributed by atoms with van der Waals surface area (Å²) in [4.78, 5) is 6.59. The summed E-state index contributed by atoms with van der Waals surface area (Å²) in [5.41, 5.74) is 0. The molecule has 0 fully saturated rings. The quantitative estimate of drug-likeness (QED) is 0.238. The van der Waals surface area contributed by atoms with Gasteiger partial charge in [-0.25, -0.2) is 4.99 Å². The number of thioether (sulfide) groups is 1. The maximum absolute atomic E-state index is 10.5. The smallest absolute Gasteiger partial charge is 0.217 e. The van der Waals surface area contributed by atoms with E-state index in [2.05, 4.69) is 42.5 Å². The average molecular weight is 431 g/mol. The minimum absolute atomic E-state index is 0.719. The first kappa shape index (κ1) is 21.8. The molecule has 0 aliphatic heterocycles. The lowest BCUT2D eigenvalue weighted by atomic mass is 10.4. The summed E-state index contributed by atoms with van der Waals surface area (Å²) in [5.74, 6) is 0. The number of nitriles is 1. The lowest BCUT2D eigenvalue weighted by Crippen LogP contribution is -2.32. The molecule has 0 saturated heterocycles. The Balaban J connectivity index is 2.49. The molecule has 0 saturated carbocycles. The van der Waals surface area contributed by atoms with E-state index in [0.29, 0.717) is 0 Å². The topological polar surface area (TPSA) is 39.4 Å². The van der Waals surface area contributed by atoms with Crippen LogP contribution in [0.4, 0.5) is 0 Å². The molecule has 0 aliphatic carbocycles. The van der Waals surface area contributed by atoms with E-state index in [9.17, 15) is 5.26 Å². The van der Waals surface area contributed by atoms with Gasteiger partial charge >= 0.3 is 0 Å². The van der Waals surface area contributed by atoms with E-state index in [1.807, 2.05) is 79.8 Å². The van der Waals surface area contributed by atoms with Crippen molar-refractivity contribution in [2.45, 2.75) is 0 Å². The maximum Gasteiger partial charge on any atom is 0.217 e. The van der Waals surface area contributed by atoms with E-state index in [1.165, 1.54) is 11.8 Å². The molecule has 3 aromatic carbocycles. The van der Waals surface area contributed by atoms with Crippen LogP contribution in [0.5, 0.6) is 0 Å². The summed E-state index contributed by atoms with van der Waals surface area (Å²) >= 11 is 1.52. The molecular weight excluding hydrogens is 405 g/mol. The minimum atomic E-state index is -2.43. The maximum atomic E-state index is 10.5. The van der Waals surface area contributed by atoms with Crippen molar-refractivity contribution in [1.82, 2.24) is 4.90 Å². The van der Waals surface area contributed by atoms with Gasteiger partial charge in [0.05, 0.1) is 6.34 Å². The summed E-state index contributed by atoms with van der Waals surface area (Å²) in [7, 11) is 1.43. The molecule has 3 rings (SSSR count). The third-order valence-corrected chi connectivity index (χ3v) is 9.72. The standard InChI is InChI=1S/C25H25N3PS/c1-28(2)20-27-25(30-3)24(19-26)29(21-13-7-4-8-14-21,22-15-9-5-10-16-22)23-17-11-6-12-18-23/h4-18,20H,1-3H3/q+1. The zero-order valence-corrected chi connectivity index (χ0v) is 19.1. The summed E-state index contributed by atoms with van der Waals surface area (Å²) in [5, 5.41) is 15.4. The van der Waals surface area contributed by atoms with Gasteiger partial charge in [-0.05, 0) is 42.7 Å². The molecule has 0 aromatic heterocycles. The second kappa shape index (κ2) is 10.3.